The molecule has 0 unspecified atom stereocenters. The van der Waals surface area contributed by atoms with E-state index < -0.39 is 6.09 Å². The molecule has 1 aliphatic rings. The van der Waals surface area contributed by atoms with E-state index in [0.717, 1.165) is 17.4 Å². The van der Waals surface area contributed by atoms with Gasteiger partial charge in [-0.05, 0) is 12.8 Å². The van der Waals surface area contributed by atoms with Crippen LogP contribution in [0, 0.1) is 0 Å². The highest BCUT2D eigenvalue weighted by Crippen LogP contribution is 2.26. The lowest BCUT2D eigenvalue weighted by Crippen LogP contribution is -2.22. The van der Waals surface area contributed by atoms with E-state index in [-0.39, 0.29) is 11.6 Å². The number of hydrogen-bond donors (Lipinski definition) is 1. The van der Waals surface area contributed by atoms with Crippen molar-refractivity contribution < 1.29 is 19.4 Å². The third kappa shape index (κ3) is 1.83. The van der Waals surface area contributed by atoms with E-state index in [1.807, 2.05) is 0 Å². The molecule has 1 saturated heterocycles. The third-order valence-corrected chi connectivity index (χ3v) is 2.71. The summed E-state index contributed by atoms with van der Waals surface area (Å²) < 4.78 is 6.16. The molecule has 2 heterocycles. The molecule has 0 atom stereocenters. The standard InChI is InChI=1S/C10H12N2O4/c13-6-8-5-11-9(12(8)10(14)15)7-1-3-16-4-2-7/h5-7H,1-4H2,(H,14,15). The summed E-state index contributed by atoms with van der Waals surface area (Å²) in [5, 5.41) is 9.03. The normalized spacial score (nSPS) is 17.2. The number of imidazole rings is 1. The van der Waals surface area contributed by atoms with E-state index in [4.69, 9.17) is 9.84 Å². The maximum atomic E-state index is 11.0. The smallest absolute Gasteiger partial charge is 0.417 e. The Balaban J connectivity index is 2.35. The van der Waals surface area contributed by atoms with Crippen molar-refractivity contribution >= 4 is 12.4 Å². The van der Waals surface area contributed by atoms with Crippen molar-refractivity contribution in [3.05, 3.63) is 17.7 Å². The van der Waals surface area contributed by atoms with E-state index in [1.165, 1.54) is 6.20 Å². The first kappa shape index (κ1) is 10.8. The van der Waals surface area contributed by atoms with Gasteiger partial charge in [-0.2, -0.15) is 0 Å². The van der Waals surface area contributed by atoms with E-state index >= 15 is 0 Å². The first-order chi connectivity index (χ1) is 7.74. The molecule has 0 amide bonds. The number of nitrogens with zero attached hydrogens (tertiary/aromatic N) is 2. The quantitative estimate of drug-likeness (QED) is 0.761. The molecule has 6 nitrogen and oxygen atoms in total. The molecule has 1 aromatic heterocycles. The number of aromatic nitrogens is 2. The lowest BCUT2D eigenvalue weighted by Gasteiger charge is -2.21. The number of hydrogen-bond acceptors (Lipinski definition) is 4. The maximum absolute atomic E-state index is 11.0. The van der Waals surface area contributed by atoms with Crippen LogP contribution in [0.2, 0.25) is 0 Å². The summed E-state index contributed by atoms with van der Waals surface area (Å²) in [6.07, 6.45) is 2.11. The summed E-state index contributed by atoms with van der Waals surface area (Å²) in [4.78, 5) is 25.7. The van der Waals surface area contributed by atoms with Gasteiger partial charge in [0.25, 0.3) is 0 Å². The Labute approximate surface area is 91.8 Å². The van der Waals surface area contributed by atoms with Crippen LogP contribution >= 0.6 is 0 Å². The Kier molecular flexibility index (Phi) is 3.00. The summed E-state index contributed by atoms with van der Waals surface area (Å²) in [6.45, 7) is 1.21. The Bertz CT molecular complexity index is 407. The predicted molar refractivity (Wildman–Crippen MR) is 53.8 cm³/mol. The lowest BCUT2D eigenvalue weighted by atomic mass is 9.99. The molecular weight excluding hydrogens is 212 g/mol. The molecule has 0 aromatic carbocycles. The van der Waals surface area contributed by atoms with Crippen LogP contribution in [-0.4, -0.2) is 40.3 Å². The Hall–Kier alpha value is -1.69. The highest BCUT2D eigenvalue weighted by molar-refractivity contribution is 5.81. The second kappa shape index (κ2) is 4.44. The average molecular weight is 224 g/mol. The minimum atomic E-state index is -1.17. The van der Waals surface area contributed by atoms with Gasteiger partial charge in [-0.25, -0.2) is 14.3 Å². The van der Waals surface area contributed by atoms with Crippen molar-refractivity contribution in [3.63, 3.8) is 0 Å². The van der Waals surface area contributed by atoms with Crippen LogP contribution in [0.15, 0.2) is 6.20 Å². The minimum Gasteiger partial charge on any atom is -0.464 e. The van der Waals surface area contributed by atoms with Gasteiger partial charge >= 0.3 is 6.09 Å². The summed E-state index contributed by atoms with van der Waals surface area (Å²) in [5.74, 6) is 0.497. The van der Waals surface area contributed by atoms with Gasteiger partial charge < -0.3 is 9.84 Å². The maximum Gasteiger partial charge on any atom is 0.417 e. The molecule has 0 spiro atoms. The Morgan fingerprint density at radius 1 is 1.56 bits per heavy atom. The molecular formula is C10H12N2O4. The third-order valence-electron chi connectivity index (χ3n) is 2.71. The zero-order chi connectivity index (χ0) is 11.5. The minimum absolute atomic E-state index is 0.0542. The van der Waals surface area contributed by atoms with E-state index in [0.29, 0.717) is 25.3 Å². The molecule has 0 bridgehead atoms. The molecule has 0 radical (unpaired) electrons. The zero-order valence-corrected chi connectivity index (χ0v) is 8.63. The van der Waals surface area contributed by atoms with Gasteiger partial charge in [0.2, 0.25) is 0 Å². The van der Waals surface area contributed by atoms with Gasteiger partial charge in [-0.1, -0.05) is 0 Å². The number of carbonyl (C=O) groups excluding carboxylic acids is 1. The number of ether oxygens (including phenoxy) is 1. The van der Waals surface area contributed by atoms with Crippen LogP contribution in [-0.2, 0) is 4.74 Å². The molecule has 1 fully saturated rings. The van der Waals surface area contributed by atoms with Crippen molar-refractivity contribution in [3.8, 4) is 0 Å². The first-order valence-corrected chi connectivity index (χ1v) is 5.08. The van der Waals surface area contributed by atoms with Crippen LogP contribution in [0.5, 0.6) is 0 Å². The number of carbonyl (C=O) groups is 2. The fourth-order valence-corrected chi connectivity index (χ4v) is 1.92. The molecule has 0 saturated carbocycles. The van der Waals surface area contributed by atoms with Gasteiger partial charge in [-0.3, -0.25) is 4.79 Å². The number of rotatable bonds is 2. The van der Waals surface area contributed by atoms with Crippen molar-refractivity contribution in [1.82, 2.24) is 9.55 Å². The largest absolute Gasteiger partial charge is 0.464 e. The second-order valence-corrected chi connectivity index (χ2v) is 3.66. The number of carboxylic acid groups (broad SMARTS) is 1. The topological polar surface area (TPSA) is 81.4 Å². The fraction of sp³-hybridized carbons (Fsp3) is 0.500. The predicted octanol–water partition coefficient (Wildman–Crippen LogP) is 1.12. The lowest BCUT2D eigenvalue weighted by molar-refractivity contribution is 0.0827. The highest BCUT2D eigenvalue weighted by Gasteiger charge is 2.24. The van der Waals surface area contributed by atoms with Crippen LogP contribution in [0.1, 0.15) is 35.1 Å². The van der Waals surface area contributed by atoms with Gasteiger partial charge in [0, 0.05) is 19.1 Å². The Morgan fingerprint density at radius 2 is 2.25 bits per heavy atom. The summed E-state index contributed by atoms with van der Waals surface area (Å²) >= 11 is 0. The van der Waals surface area contributed by atoms with E-state index in [9.17, 15) is 9.59 Å². The van der Waals surface area contributed by atoms with E-state index in [1.54, 1.807) is 0 Å². The monoisotopic (exact) mass is 224 g/mol. The van der Waals surface area contributed by atoms with Crippen molar-refractivity contribution in [1.29, 1.82) is 0 Å². The average Bonchev–Trinajstić information content (AvgIpc) is 2.73. The Morgan fingerprint density at radius 3 is 2.81 bits per heavy atom. The van der Waals surface area contributed by atoms with Gasteiger partial charge in [0.05, 0.1) is 6.20 Å². The molecule has 1 aliphatic heterocycles. The molecule has 1 aromatic rings. The SMILES string of the molecule is O=Cc1cnc(C2CCOCC2)n1C(=O)O. The van der Waals surface area contributed by atoms with Gasteiger partial charge in [0.1, 0.15) is 11.5 Å². The van der Waals surface area contributed by atoms with Crippen molar-refractivity contribution in [2.75, 3.05) is 13.2 Å². The van der Waals surface area contributed by atoms with Crippen LogP contribution in [0.25, 0.3) is 0 Å². The van der Waals surface area contributed by atoms with Gasteiger partial charge in [0.15, 0.2) is 6.29 Å². The first-order valence-electron chi connectivity index (χ1n) is 5.08. The van der Waals surface area contributed by atoms with Crippen LogP contribution < -0.4 is 0 Å². The molecule has 16 heavy (non-hydrogen) atoms. The molecule has 1 N–H and O–H groups in total. The van der Waals surface area contributed by atoms with Crippen molar-refractivity contribution in [2.45, 2.75) is 18.8 Å². The molecule has 6 heteroatoms. The van der Waals surface area contributed by atoms with Crippen LogP contribution in [0.3, 0.4) is 0 Å². The highest BCUT2D eigenvalue weighted by atomic mass is 16.5. The molecule has 86 valence electrons. The zero-order valence-electron chi connectivity index (χ0n) is 8.63. The summed E-state index contributed by atoms with van der Waals surface area (Å²) in [6, 6.07) is 0. The summed E-state index contributed by atoms with van der Waals surface area (Å²) in [5.41, 5.74) is 0.0778. The number of aldehydes is 1. The van der Waals surface area contributed by atoms with Crippen molar-refractivity contribution in [2.24, 2.45) is 0 Å². The fourth-order valence-electron chi connectivity index (χ4n) is 1.92. The second-order valence-electron chi connectivity index (χ2n) is 3.66. The molecule has 0 aliphatic carbocycles. The van der Waals surface area contributed by atoms with Crippen LogP contribution in [0.4, 0.5) is 4.79 Å². The summed E-state index contributed by atoms with van der Waals surface area (Å²) in [7, 11) is 0. The molecule has 2 rings (SSSR count). The van der Waals surface area contributed by atoms with Gasteiger partial charge in [-0.15, -0.1) is 0 Å². The van der Waals surface area contributed by atoms with E-state index in [2.05, 4.69) is 4.98 Å².